The van der Waals surface area contributed by atoms with Gasteiger partial charge < -0.3 is 0 Å². The molecule has 14 heavy (non-hydrogen) atoms. The standard InChI is InChI=1S/C10H16N2OS/c1-8-6-7-14-9(8)4-5-10(13)11-12(2)3/h6-7H,4-5H2,1-3H3,(H,11,13). The second-order valence-electron chi connectivity index (χ2n) is 3.46. The largest absolute Gasteiger partial charge is 0.289 e. The lowest BCUT2D eigenvalue weighted by Crippen LogP contribution is -2.36. The minimum Gasteiger partial charge on any atom is -0.289 e. The van der Waals surface area contributed by atoms with E-state index >= 15 is 0 Å². The Hall–Kier alpha value is -0.870. The smallest absolute Gasteiger partial charge is 0.234 e. The third-order valence-corrected chi connectivity index (χ3v) is 2.98. The lowest BCUT2D eigenvalue weighted by molar-refractivity contribution is -0.124. The van der Waals surface area contributed by atoms with Crippen LogP contribution in [0.3, 0.4) is 0 Å². The topological polar surface area (TPSA) is 32.3 Å². The summed E-state index contributed by atoms with van der Waals surface area (Å²) in [5, 5.41) is 3.73. The van der Waals surface area contributed by atoms with E-state index in [9.17, 15) is 4.79 Å². The predicted octanol–water partition coefficient (Wildman–Crippen LogP) is 1.58. The number of nitrogens with one attached hydrogen (secondary N) is 1. The van der Waals surface area contributed by atoms with Crippen LogP contribution in [0, 0.1) is 6.92 Å². The summed E-state index contributed by atoms with van der Waals surface area (Å²) in [4.78, 5) is 12.6. The van der Waals surface area contributed by atoms with Gasteiger partial charge in [-0.15, -0.1) is 11.3 Å². The summed E-state index contributed by atoms with van der Waals surface area (Å²) in [5.41, 5.74) is 4.01. The Bertz CT molecular complexity index is 307. The molecule has 0 atom stereocenters. The molecule has 1 aromatic heterocycles. The molecule has 1 heterocycles. The van der Waals surface area contributed by atoms with Crippen LogP contribution >= 0.6 is 11.3 Å². The molecule has 0 aliphatic heterocycles. The van der Waals surface area contributed by atoms with Crippen molar-refractivity contribution in [3.63, 3.8) is 0 Å². The Labute approximate surface area is 88.7 Å². The zero-order valence-electron chi connectivity index (χ0n) is 8.83. The van der Waals surface area contributed by atoms with Gasteiger partial charge in [0.25, 0.3) is 0 Å². The van der Waals surface area contributed by atoms with Crippen LogP contribution in [-0.2, 0) is 11.2 Å². The first-order chi connectivity index (χ1) is 6.59. The number of carbonyl (C=O) groups is 1. The molecule has 0 spiro atoms. The monoisotopic (exact) mass is 212 g/mol. The fourth-order valence-electron chi connectivity index (χ4n) is 1.19. The van der Waals surface area contributed by atoms with Crippen molar-refractivity contribution < 1.29 is 4.79 Å². The van der Waals surface area contributed by atoms with Crippen LogP contribution in [-0.4, -0.2) is 25.0 Å². The number of rotatable bonds is 4. The number of carbonyl (C=O) groups excluding carboxylic acids is 1. The molecule has 0 saturated carbocycles. The summed E-state index contributed by atoms with van der Waals surface area (Å²) in [6.45, 7) is 2.08. The first-order valence-electron chi connectivity index (χ1n) is 4.59. The Balaban J connectivity index is 2.34. The van der Waals surface area contributed by atoms with Gasteiger partial charge >= 0.3 is 0 Å². The van der Waals surface area contributed by atoms with Crippen molar-refractivity contribution in [2.24, 2.45) is 0 Å². The predicted molar refractivity (Wildman–Crippen MR) is 59.2 cm³/mol. The number of nitrogens with zero attached hydrogens (tertiary/aromatic N) is 1. The molecule has 0 fully saturated rings. The van der Waals surface area contributed by atoms with Gasteiger partial charge in [-0.3, -0.25) is 10.2 Å². The average molecular weight is 212 g/mol. The van der Waals surface area contributed by atoms with Crippen LogP contribution < -0.4 is 5.43 Å². The molecule has 1 amide bonds. The van der Waals surface area contributed by atoms with Gasteiger partial charge in [-0.2, -0.15) is 0 Å². The number of thiophene rings is 1. The van der Waals surface area contributed by atoms with Crippen molar-refractivity contribution in [2.75, 3.05) is 14.1 Å². The van der Waals surface area contributed by atoms with Gasteiger partial charge in [-0.25, -0.2) is 5.01 Å². The fourth-order valence-corrected chi connectivity index (χ4v) is 2.10. The van der Waals surface area contributed by atoms with E-state index < -0.39 is 0 Å². The van der Waals surface area contributed by atoms with E-state index in [0.717, 1.165) is 6.42 Å². The van der Waals surface area contributed by atoms with E-state index in [4.69, 9.17) is 0 Å². The van der Waals surface area contributed by atoms with E-state index in [1.807, 2.05) is 14.1 Å². The van der Waals surface area contributed by atoms with E-state index in [1.165, 1.54) is 10.4 Å². The quantitative estimate of drug-likeness (QED) is 0.769. The normalized spacial score (nSPS) is 10.6. The molecule has 0 unspecified atom stereocenters. The highest BCUT2D eigenvalue weighted by atomic mass is 32.1. The molecular weight excluding hydrogens is 196 g/mol. The first kappa shape index (κ1) is 11.2. The van der Waals surface area contributed by atoms with E-state index in [-0.39, 0.29) is 5.91 Å². The second kappa shape index (κ2) is 5.12. The van der Waals surface area contributed by atoms with Crippen LogP contribution in [0.2, 0.25) is 0 Å². The number of hydrogen-bond donors (Lipinski definition) is 1. The summed E-state index contributed by atoms with van der Waals surface area (Å²) >= 11 is 1.72. The van der Waals surface area contributed by atoms with Gasteiger partial charge in [0.2, 0.25) is 5.91 Å². The first-order valence-corrected chi connectivity index (χ1v) is 5.47. The molecular formula is C10H16N2OS. The summed E-state index contributed by atoms with van der Waals surface area (Å²) in [7, 11) is 3.63. The maximum absolute atomic E-state index is 11.3. The maximum Gasteiger partial charge on any atom is 0.234 e. The lowest BCUT2D eigenvalue weighted by Gasteiger charge is -2.11. The van der Waals surface area contributed by atoms with Crippen LogP contribution in [0.15, 0.2) is 11.4 Å². The number of hydrazine groups is 1. The molecule has 4 heteroatoms. The average Bonchev–Trinajstić information content (AvgIpc) is 2.46. The molecule has 1 aromatic rings. The van der Waals surface area contributed by atoms with Crippen molar-refractivity contribution in [2.45, 2.75) is 19.8 Å². The van der Waals surface area contributed by atoms with Crippen LogP contribution in [0.25, 0.3) is 0 Å². The maximum atomic E-state index is 11.3. The van der Waals surface area contributed by atoms with Crippen LogP contribution in [0.4, 0.5) is 0 Å². The van der Waals surface area contributed by atoms with Crippen molar-refractivity contribution in [1.82, 2.24) is 10.4 Å². The molecule has 0 aliphatic carbocycles. The van der Waals surface area contributed by atoms with Gasteiger partial charge in [0, 0.05) is 25.4 Å². The third kappa shape index (κ3) is 3.47. The summed E-state index contributed by atoms with van der Waals surface area (Å²) in [5.74, 6) is 0.0720. The molecule has 0 radical (unpaired) electrons. The minimum atomic E-state index is 0.0720. The van der Waals surface area contributed by atoms with Crippen molar-refractivity contribution in [1.29, 1.82) is 0 Å². The zero-order valence-corrected chi connectivity index (χ0v) is 9.65. The molecule has 0 aromatic carbocycles. The van der Waals surface area contributed by atoms with Gasteiger partial charge in [0.15, 0.2) is 0 Å². The molecule has 1 N–H and O–H groups in total. The highest BCUT2D eigenvalue weighted by Crippen LogP contribution is 2.16. The number of aryl methyl sites for hydroxylation is 2. The van der Waals surface area contributed by atoms with Crippen LogP contribution in [0.5, 0.6) is 0 Å². The highest BCUT2D eigenvalue weighted by Gasteiger charge is 2.05. The molecule has 0 bridgehead atoms. The SMILES string of the molecule is Cc1ccsc1CCC(=O)NN(C)C. The van der Waals surface area contributed by atoms with Crippen molar-refractivity contribution in [3.05, 3.63) is 21.9 Å². The van der Waals surface area contributed by atoms with Crippen molar-refractivity contribution >= 4 is 17.2 Å². The Morgan fingerprint density at radius 2 is 2.29 bits per heavy atom. The molecule has 0 saturated heterocycles. The van der Waals surface area contributed by atoms with Gasteiger partial charge in [-0.05, 0) is 30.4 Å². The third-order valence-electron chi connectivity index (χ3n) is 1.90. The molecule has 1 rings (SSSR count). The summed E-state index contributed by atoms with van der Waals surface area (Å²) < 4.78 is 0. The fraction of sp³-hybridized carbons (Fsp3) is 0.500. The Morgan fingerprint density at radius 3 is 2.79 bits per heavy atom. The van der Waals surface area contributed by atoms with Crippen LogP contribution in [0.1, 0.15) is 16.9 Å². The van der Waals surface area contributed by atoms with Gasteiger partial charge in [-0.1, -0.05) is 0 Å². The summed E-state index contributed by atoms with van der Waals surface area (Å²) in [6.07, 6.45) is 1.39. The van der Waals surface area contributed by atoms with Crippen molar-refractivity contribution in [3.8, 4) is 0 Å². The number of amides is 1. The minimum absolute atomic E-state index is 0.0720. The van der Waals surface area contributed by atoms with E-state index in [0.29, 0.717) is 6.42 Å². The summed E-state index contributed by atoms with van der Waals surface area (Å²) in [6, 6.07) is 2.09. The lowest BCUT2D eigenvalue weighted by atomic mass is 10.2. The van der Waals surface area contributed by atoms with E-state index in [2.05, 4.69) is 23.8 Å². The Morgan fingerprint density at radius 1 is 1.57 bits per heavy atom. The number of hydrogen-bond acceptors (Lipinski definition) is 3. The van der Waals surface area contributed by atoms with Gasteiger partial charge in [0.1, 0.15) is 0 Å². The zero-order chi connectivity index (χ0) is 10.6. The Kier molecular flexibility index (Phi) is 4.10. The molecule has 3 nitrogen and oxygen atoms in total. The van der Waals surface area contributed by atoms with Gasteiger partial charge in [0.05, 0.1) is 0 Å². The molecule has 78 valence electrons. The van der Waals surface area contributed by atoms with E-state index in [1.54, 1.807) is 16.3 Å². The molecule has 0 aliphatic rings. The second-order valence-corrected chi connectivity index (χ2v) is 4.46. The highest BCUT2D eigenvalue weighted by molar-refractivity contribution is 7.10.